The number of rotatable bonds is 13. The molecule has 0 saturated heterocycles. The normalized spacial score (nSPS) is 16.8. The van der Waals surface area contributed by atoms with E-state index in [1.165, 1.54) is 0 Å². The topological polar surface area (TPSA) is 104 Å². The molecule has 0 radical (unpaired) electrons. The van der Waals surface area contributed by atoms with Crippen LogP contribution in [0.3, 0.4) is 0 Å². The van der Waals surface area contributed by atoms with E-state index >= 15 is 0 Å². The van der Waals surface area contributed by atoms with Gasteiger partial charge >= 0.3 is 0 Å². The number of Topliss-reactive ketones (excluding diaryl/α,β-unsaturated/α-hetero) is 1. The molecule has 1 rings (SSSR count). The summed E-state index contributed by atoms with van der Waals surface area (Å²) in [5.41, 5.74) is 6.67. The van der Waals surface area contributed by atoms with Crippen molar-refractivity contribution in [2.45, 2.75) is 52.9 Å². The van der Waals surface area contributed by atoms with Gasteiger partial charge in [0.2, 0.25) is 5.78 Å². The number of carbonyl (C=O) groups excluding carboxylic acids is 2. The molecular formula is C23H36N2O3. The molecule has 5 heteroatoms. The van der Waals surface area contributed by atoms with E-state index in [9.17, 15) is 14.7 Å². The summed E-state index contributed by atoms with van der Waals surface area (Å²) in [5, 5.41) is 18.1. The number of benzene rings is 1. The van der Waals surface area contributed by atoms with Crippen LogP contribution < -0.4 is 5.73 Å². The summed E-state index contributed by atoms with van der Waals surface area (Å²) in [6.45, 7) is 8.04. The summed E-state index contributed by atoms with van der Waals surface area (Å²) in [6, 6.07) is 9.40. The lowest BCUT2D eigenvalue weighted by Crippen LogP contribution is -2.45. The Labute approximate surface area is 169 Å². The summed E-state index contributed by atoms with van der Waals surface area (Å²) in [7, 11) is 0. The van der Waals surface area contributed by atoms with Crippen LogP contribution in [0.5, 0.6) is 0 Å². The molecule has 1 aromatic rings. The highest BCUT2D eigenvalue weighted by molar-refractivity contribution is 6.27. The van der Waals surface area contributed by atoms with E-state index in [-0.39, 0.29) is 36.1 Å². The molecule has 0 saturated carbocycles. The van der Waals surface area contributed by atoms with Gasteiger partial charge in [0.05, 0.1) is 18.4 Å². The number of hydrogen-bond donors (Lipinski definition) is 3. The Kier molecular flexibility index (Phi) is 10.1. The number of carbonyl (C=O) groups is 2. The third-order valence-electron chi connectivity index (χ3n) is 5.97. The Morgan fingerprint density at radius 3 is 2.18 bits per heavy atom. The van der Waals surface area contributed by atoms with Crippen molar-refractivity contribution in [1.82, 2.24) is 0 Å². The predicted molar refractivity (Wildman–Crippen MR) is 113 cm³/mol. The fraction of sp³-hybridized carbons (Fsp3) is 0.609. The third-order valence-corrected chi connectivity index (χ3v) is 5.97. The molecule has 156 valence electrons. The number of aldehydes is 1. The molecule has 0 aromatic heterocycles. The van der Waals surface area contributed by atoms with Gasteiger partial charge < -0.3 is 10.8 Å². The van der Waals surface area contributed by atoms with Gasteiger partial charge in [-0.25, -0.2) is 0 Å². The molecule has 0 aliphatic carbocycles. The smallest absolute Gasteiger partial charge is 0.202 e. The summed E-state index contributed by atoms with van der Waals surface area (Å²) in [5.74, 6) is -1.76. The second kappa shape index (κ2) is 11.7. The Morgan fingerprint density at radius 1 is 1.18 bits per heavy atom. The van der Waals surface area contributed by atoms with Gasteiger partial charge in [-0.1, -0.05) is 77.3 Å². The standard InChI is InChI=1S/C23H36N2O3/c1-5-10-16(6-2)22(20(15(3)4)18(13-26)23(24)25)21(19(28)14-27)17-11-8-7-9-12-17/h7-9,11-12,14-16,18,20-22,26H,5-6,10,13H2,1-4H3,(H3,24,25). The van der Waals surface area contributed by atoms with E-state index in [4.69, 9.17) is 11.1 Å². The van der Waals surface area contributed by atoms with Gasteiger partial charge in [-0.3, -0.25) is 15.0 Å². The zero-order valence-electron chi connectivity index (χ0n) is 17.6. The van der Waals surface area contributed by atoms with Crippen LogP contribution in [-0.2, 0) is 9.59 Å². The fourth-order valence-electron chi connectivity index (χ4n) is 4.76. The van der Waals surface area contributed by atoms with Gasteiger partial charge in [-0.15, -0.1) is 0 Å². The summed E-state index contributed by atoms with van der Waals surface area (Å²) < 4.78 is 0. The van der Waals surface area contributed by atoms with E-state index < -0.39 is 17.6 Å². The first-order chi connectivity index (χ1) is 13.3. The van der Waals surface area contributed by atoms with Crippen LogP contribution in [-0.4, -0.2) is 29.6 Å². The van der Waals surface area contributed by atoms with Crippen molar-refractivity contribution >= 4 is 17.9 Å². The van der Waals surface area contributed by atoms with Crippen LogP contribution >= 0.6 is 0 Å². The lowest BCUT2D eigenvalue weighted by Gasteiger charge is -2.43. The van der Waals surface area contributed by atoms with Crippen LogP contribution in [0.4, 0.5) is 0 Å². The van der Waals surface area contributed by atoms with Crippen LogP contribution in [0.25, 0.3) is 0 Å². The molecule has 1 aromatic carbocycles. The van der Waals surface area contributed by atoms with Crippen LogP contribution in [0.15, 0.2) is 30.3 Å². The average Bonchev–Trinajstić information content (AvgIpc) is 2.68. The largest absolute Gasteiger partial charge is 0.396 e. The van der Waals surface area contributed by atoms with Crippen molar-refractivity contribution in [3.63, 3.8) is 0 Å². The molecule has 5 atom stereocenters. The van der Waals surface area contributed by atoms with E-state index in [0.29, 0.717) is 6.29 Å². The van der Waals surface area contributed by atoms with E-state index in [2.05, 4.69) is 13.8 Å². The number of hydrogen-bond acceptors (Lipinski definition) is 4. The molecule has 4 N–H and O–H groups in total. The molecule has 0 fully saturated rings. The lowest BCUT2D eigenvalue weighted by atomic mass is 9.61. The first kappa shape index (κ1) is 24.0. The van der Waals surface area contributed by atoms with Crippen molar-refractivity contribution in [3.8, 4) is 0 Å². The fourth-order valence-corrected chi connectivity index (χ4v) is 4.76. The lowest BCUT2D eigenvalue weighted by molar-refractivity contribution is -0.133. The third kappa shape index (κ3) is 5.74. The molecule has 0 aliphatic rings. The first-order valence-electron chi connectivity index (χ1n) is 10.3. The molecule has 0 amide bonds. The Bertz CT molecular complexity index is 630. The number of aliphatic hydroxyl groups excluding tert-OH is 1. The minimum Gasteiger partial charge on any atom is -0.396 e. The van der Waals surface area contributed by atoms with Crippen molar-refractivity contribution in [1.29, 1.82) is 5.41 Å². The summed E-state index contributed by atoms with van der Waals surface area (Å²) in [4.78, 5) is 24.5. The SMILES string of the molecule is CCCC(CC)C(C(C(=O)C=O)c1ccccc1)C(C(C)C)C(CO)C(=N)N. The molecule has 5 unspecified atom stereocenters. The van der Waals surface area contributed by atoms with Gasteiger partial charge in [-0.2, -0.15) is 0 Å². The second-order valence-electron chi connectivity index (χ2n) is 8.01. The monoisotopic (exact) mass is 388 g/mol. The predicted octanol–water partition coefficient (Wildman–Crippen LogP) is 3.80. The highest BCUT2D eigenvalue weighted by Gasteiger charge is 2.44. The number of ketones is 1. The Hall–Kier alpha value is -2.01. The highest BCUT2D eigenvalue weighted by atomic mass is 16.3. The summed E-state index contributed by atoms with van der Waals surface area (Å²) >= 11 is 0. The minimum absolute atomic E-state index is 0.0667. The minimum atomic E-state index is -0.601. The van der Waals surface area contributed by atoms with Crippen molar-refractivity contribution in [3.05, 3.63) is 35.9 Å². The first-order valence-corrected chi connectivity index (χ1v) is 10.3. The van der Waals surface area contributed by atoms with Gasteiger partial charge in [0.15, 0.2) is 6.29 Å². The second-order valence-corrected chi connectivity index (χ2v) is 8.01. The highest BCUT2D eigenvalue weighted by Crippen LogP contribution is 2.45. The molecule has 0 spiro atoms. The van der Waals surface area contributed by atoms with Gasteiger partial charge in [0.1, 0.15) is 0 Å². The Balaban J connectivity index is 3.68. The molecule has 0 heterocycles. The van der Waals surface area contributed by atoms with Crippen molar-refractivity contribution in [2.24, 2.45) is 35.3 Å². The van der Waals surface area contributed by atoms with E-state index in [1.54, 1.807) is 0 Å². The van der Waals surface area contributed by atoms with E-state index in [0.717, 1.165) is 24.8 Å². The molecule has 0 bridgehead atoms. The Morgan fingerprint density at radius 2 is 1.79 bits per heavy atom. The quantitative estimate of drug-likeness (QED) is 0.207. The van der Waals surface area contributed by atoms with Crippen molar-refractivity contribution in [2.75, 3.05) is 6.61 Å². The number of aliphatic hydroxyl groups is 1. The van der Waals surface area contributed by atoms with Crippen LogP contribution in [0.1, 0.15) is 58.4 Å². The summed E-state index contributed by atoms with van der Waals surface area (Å²) in [6.07, 6.45) is 3.14. The maximum absolute atomic E-state index is 12.9. The van der Waals surface area contributed by atoms with Crippen LogP contribution in [0, 0.1) is 35.0 Å². The van der Waals surface area contributed by atoms with Gasteiger partial charge in [0.25, 0.3) is 0 Å². The molecule has 5 nitrogen and oxygen atoms in total. The molecule has 28 heavy (non-hydrogen) atoms. The number of nitrogens with two attached hydrogens (primary N) is 1. The average molecular weight is 389 g/mol. The van der Waals surface area contributed by atoms with Crippen molar-refractivity contribution < 1.29 is 14.7 Å². The maximum atomic E-state index is 12.9. The van der Waals surface area contributed by atoms with Gasteiger partial charge in [0, 0.05) is 5.92 Å². The number of amidine groups is 1. The van der Waals surface area contributed by atoms with Gasteiger partial charge in [-0.05, 0) is 29.2 Å². The maximum Gasteiger partial charge on any atom is 0.202 e. The molecular weight excluding hydrogens is 352 g/mol. The molecule has 0 aliphatic heterocycles. The zero-order chi connectivity index (χ0) is 21.3. The van der Waals surface area contributed by atoms with Crippen LogP contribution in [0.2, 0.25) is 0 Å². The number of nitrogens with one attached hydrogen (secondary N) is 1. The van der Waals surface area contributed by atoms with E-state index in [1.807, 2.05) is 44.2 Å². The zero-order valence-corrected chi connectivity index (χ0v) is 17.6.